The molecule has 1 heterocycles. The molecule has 0 aliphatic carbocycles. The molecular formula is C11H14ClN. The van der Waals surface area contributed by atoms with Gasteiger partial charge in [0.2, 0.25) is 0 Å². The summed E-state index contributed by atoms with van der Waals surface area (Å²) in [7, 11) is 0. The second-order valence-electron chi connectivity index (χ2n) is 3.72. The van der Waals surface area contributed by atoms with E-state index in [2.05, 4.69) is 18.3 Å². The van der Waals surface area contributed by atoms with E-state index in [9.17, 15) is 0 Å². The van der Waals surface area contributed by atoms with E-state index in [-0.39, 0.29) is 0 Å². The molecule has 0 saturated carbocycles. The summed E-state index contributed by atoms with van der Waals surface area (Å²) >= 11 is 6.13. The summed E-state index contributed by atoms with van der Waals surface area (Å²) in [5, 5.41) is 4.36. The first-order valence-corrected chi connectivity index (χ1v) is 5.14. The summed E-state index contributed by atoms with van der Waals surface area (Å²) in [4.78, 5) is 0. The zero-order valence-electron chi connectivity index (χ0n) is 7.76. The van der Waals surface area contributed by atoms with Gasteiger partial charge in [-0.3, -0.25) is 0 Å². The van der Waals surface area contributed by atoms with Crippen molar-refractivity contribution in [1.82, 2.24) is 5.32 Å². The van der Waals surface area contributed by atoms with Gasteiger partial charge in [-0.2, -0.15) is 0 Å². The highest BCUT2D eigenvalue weighted by Crippen LogP contribution is 2.32. The first-order chi connectivity index (χ1) is 6.29. The maximum Gasteiger partial charge on any atom is 0.0453 e. The van der Waals surface area contributed by atoms with Gasteiger partial charge in [-0.15, -0.1) is 0 Å². The van der Waals surface area contributed by atoms with Crippen LogP contribution in [0.4, 0.5) is 0 Å². The Morgan fingerprint density at radius 1 is 1.38 bits per heavy atom. The lowest BCUT2D eigenvalue weighted by atomic mass is 9.96. The van der Waals surface area contributed by atoms with E-state index in [1.165, 1.54) is 12.0 Å². The Hall–Kier alpha value is -0.530. The lowest BCUT2D eigenvalue weighted by Gasteiger charge is -2.17. The molecule has 70 valence electrons. The minimum absolute atomic E-state index is 0.452. The van der Waals surface area contributed by atoms with Crippen molar-refractivity contribution in [3.8, 4) is 0 Å². The van der Waals surface area contributed by atoms with Crippen molar-refractivity contribution in [2.45, 2.75) is 19.4 Å². The fourth-order valence-corrected chi connectivity index (χ4v) is 2.23. The van der Waals surface area contributed by atoms with E-state index < -0.39 is 0 Å². The second kappa shape index (κ2) is 3.69. The lowest BCUT2D eigenvalue weighted by Crippen LogP contribution is -2.16. The summed E-state index contributed by atoms with van der Waals surface area (Å²) in [6.07, 6.45) is 1.25. The van der Waals surface area contributed by atoms with E-state index >= 15 is 0 Å². The maximum absolute atomic E-state index is 6.13. The fourth-order valence-electron chi connectivity index (χ4n) is 1.98. The maximum atomic E-state index is 6.13. The van der Waals surface area contributed by atoms with E-state index in [0.717, 1.165) is 11.6 Å². The Morgan fingerprint density at radius 2 is 2.15 bits per heavy atom. The van der Waals surface area contributed by atoms with Gasteiger partial charge in [0.05, 0.1) is 0 Å². The highest BCUT2D eigenvalue weighted by Gasteiger charge is 2.25. The van der Waals surface area contributed by atoms with Crippen molar-refractivity contribution in [3.05, 3.63) is 34.9 Å². The summed E-state index contributed by atoms with van der Waals surface area (Å²) in [5.74, 6) is 0.694. The van der Waals surface area contributed by atoms with Crippen molar-refractivity contribution in [3.63, 3.8) is 0 Å². The van der Waals surface area contributed by atoms with E-state index in [1.54, 1.807) is 0 Å². The molecule has 0 unspecified atom stereocenters. The Labute approximate surface area is 84.1 Å². The molecule has 1 aliphatic rings. The summed E-state index contributed by atoms with van der Waals surface area (Å²) in [6, 6.07) is 8.55. The molecule has 1 N–H and O–H groups in total. The minimum atomic E-state index is 0.452. The molecule has 0 aromatic heterocycles. The predicted octanol–water partition coefficient (Wildman–Crippen LogP) is 3.01. The number of benzene rings is 1. The highest BCUT2D eigenvalue weighted by molar-refractivity contribution is 6.31. The molecule has 0 bridgehead atoms. The van der Waals surface area contributed by atoms with Crippen LogP contribution in [0.3, 0.4) is 0 Å². The summed E-state index contributed by atoms with van der Waals surface area (Å²) in [5.41, 5.74) is 1.24. The van der Waals surface area contributed by atoms with Gasteiger partial charge in [-0.1, -0.05) is 36.7 Å². The third-order valence-electron chi connectivity index (χ3n) is 2.77. The van der Waals surface area contributed by atoms with Gasteiger partial charge in [0.15, 0.2) is 0 Å². The van der Waals surface area contributed by atoms with E-state index in [4.69, 9.17) is 11.6 Å². The van der Waals surface area contributed by atoms with Gasteiger partial charge in [-0.05, 0) is 30.5 Å². The van der Waals surface area contributed by atoms with Crippen LogP contribution in [0, 0.1) is 5.92 Å². The van der Waals surface area contributed by atoms with Crippen LogP contribution in [0.25, 0.3) is 0 Å². The van der Waals surface area contributed by atoms with Crippen LogP contribution in [-0.2, 0) is 0 Å². The molecule has 1 fully saturated rings. The first kappa shape index (κ1) is 9.04. The molecular weight excluding hydrogens is 182 g/mol. The fraction of sp³-hybridized carbons (Fsp3) is 0.455. The van der Waals surface area contributed by atoms with Gasteiger partial charge in [0, 0.05) is 11.1 Å². The Kier molecular flexibility index (Phi) is 2.56. The van der Waals surface area contributed by atoms with Crippen LogP contribution in [0.15, 0.2) is 24.3 Å². The number of rotatable bonds is 1. The Bertz CT molecular complexity index is 298. The molecule has 0 amide bonds. The quantitative estimate of drug-likeness (QED) is 0.727. The van der Waals surface area contributed by atoms with Crippen molar-refractivity contribution >= 4 is 11.6 Å². The molecule has 1 nitrogen and oxygen atoms in total. The van der Waals surface area contributed by atoms with E-state index in [1.807, 2.05) is 18.2 Å². The van der Waals surface area contributed by atoms with Gasteiger partial charge >= 0.3 is 0 Å². The number of hydrogen-bond acceptors (Lipinski definition) is 1. The molecule has 2 heteroatoms. The van der Waals surface area contributed by atoms with Crippen LogP contribution >= 0.6 is 11.6 Å². The lowest BCUT2D eigenvalue weighted by molar-refractivity contribution is 0.504. The zero-order valence-corrected chi connectivity index (χ0v) is 8.51. The minimum Gasteiger partial charge on any atom is -0.310 e. The van der Waals surface area contributed by atoms with E-state index in [0.29, 0.717) is 12.0 Å². The largest absolute Gasteiger partial charge is 0.310 e. The highest BCUT2D eigenvalue weighted by atomic mass is 35.5. The van der Waals surface area contributed by atoms with Crippen LogP contribution in [0.1, 0.15) is 24.9 Å². The van der Waals surface area contributed by atoms with Gasteiger partial charge < -0.3 is 5.32 Å². The predicted molar refractivity (Wildman–Crippen MR) is 56.0 cm³/mol. The second-order valence-corrected chi connectivity index (χ2v) is 4.13. The molecule has 0 radical (unpaired) electrons. The van der Waals surface area contributed by atoms with Crippen LogP contribution in [0.5, 0.6) is 0 Å². The zero-order chi connectivity index (χ0) is 9.26. The van der Waals surface area contributed by atoms with Gasteiger partial charge in [0.25, 0.3) is 0 Å². The third kappa shape index (κ3) is 1.72. The molecule has 1 aliphatic heterocycles. The summed E-state index contributed by atoms with van der Waals surface area (Å²) in [6.45, 7) is 3.38. The number of hydrogen-bond donors (Lipinski definition) is 1. The molecule has 1 aromatic rings. The monoisotopic (exact) mass is 195 g/mol. The van der Waals surface area contributed by atoms with Gasteiger partial charge in [-0.25, -0.2) is 0 Å². The summed E-state index contributed by atoms with van der Waals surface area (Å²) < 4.78 is 0. The molecule has 2 atom stereocenters. The average molecular weight is 196 g/mol. The molecule has 1 aromatic carbocycles. The SMILES string of the molecule is C[C@H]1CCN[C@@H]1c1ccccc1Cl. The van der Waals surface area contributed by atoms with Crippen molar-refractivity contribution in [2.75, 3.05) is 6.54 Å². The molecule has 2 rings (SSSR count). The first-order valence-electron chi connectivity index (χ1n) is 4.77. The average Bonchev–Trinajstić information content (AvgIpc) is 2.52. The van der Waals surface area contributed by atoms with Crippen LogP contribution < -0.4 is 5.32 Å². The standard InChI is InChI=1S/C11H14ClN/c1-8-6-7-13-11(8)9-4-2-3-5-10(9)12/h2-5,8,11,13H,6-7H2,1H3/t8-,11-/m0/s1. The normalized spacial score (nSPS) is 27.8. The number of nitrogens with one attached hydrogen (secondary N) is 1. The Morgan fingerprint density at radius 3 is 2.77 bits per heavy atom. The molecule has 0 spiro atoms. The molecule has 1 saturated heterocycles. The number of halogens is 1. The van der Waals surface area contributed by atoms with Gasteiger partial charge in [0.1, 0.15) is 0 Å². The Balaban J connectivity index is 2.29. The van der Waals surface area contributed by atoms with Crippen LogP contribution in [0.2, 0.25) is 5.02 Å². The van der Waals surface area contributed by atoms with Crippen molar-refractivity contribution < 1.29 is 0 Å². The van der Waals surface area contributed by atoms with Crippen molar-refractivity contribution in [1.29, 1.82) is 0 Å². The smallest absolute Gasteiger partial charge is 0.0453 e. The third-order valence-corrected chi connectivity index (χ3v) is 3.12. The van der Waals surface area contributed by atoms with Crippen molar-refractivity contribution in [2.24, 2.45) is 5.92 Å². The molecule has 13 heavy (non-hydrogen) atoms. The van der Waals surface area contributed by atoms with Crippen LogP contribution in [-0.4, -0.2) is 6.54 Å². The topological polar surface area (TPSA) is 12.0 Å².